The maximum Gasteiger partial charge on any atom is 0.329 e. The fraction of sp³-hybridized carbons (Fsp3) is 0.500. The quantitative estimate of drug-likeness (QED) is 0.497. The first-order valence-electron chi connectivity index (χ1n) is 8.38. The Kier molecular flexibility index (Phi) is 3.94. The van der Waals surface area contributed by atoms with E-state index in [2.05, 4.69) is 16.3 Å². The van der Waals surface area contributed by atoms with Gasteiger partial charge in [0.25, 0.3) is 0 Å². The smallest absolute Gasteiger partial charge is 0.329 e. The van der Waals surface area contributed by atoms with Crippen LogP contribution in [0.4, 0.5) is 5.69 Å². The molecule has 0 amide bonds. The summed E-state index contributed by atoms with van der Waals surface area (Å²) in [6.45, 7) is 2.42. The summed E-state index contributed by atoms with van der Waals surface area (Å²) in [5, 5.41) is 13.2. The molecule has 4 rings (SSSR count). The normalized spacial score (nSPS) is 30.0. The number of nitrogens with zero attached hydrogens (tertiary/aromatic N) is 1. The monoisotopic (exact) mass is 330 g/mol. The molecule has 128 valence electrons. The Balaban J connectivity index is 1.66. The number of methoxy groups -OCH3 is 1. The second-order valence-corrected chi connectivity index (χ2v) is 6.65. The SMILES string of the molecule is COCCOC(=O)C1C2=CC(c3cc(O)ccc3N2)C2CCN1C2. The zero-order chi connectivity index (χ0) is 16.7. The summed E-state index contributed by atoms with van der Waals surface area (Å²) in [4.78, 5) is 14.8. The maximum atomic E-state index is 12.6. The average molecular weight is 330 g/mol. The fourth-order valence-corrected chi connectivity index (χ4v) is 4.09. The summed E-state index contributed by atoms with van der Waals surface area (Å²) in [5.74, 6) is 0.737. The van der Waals surface area contributed by atoms with Crippen molar-refractivity contribution in [2.75, 3.05) is 38.7 Å². The lowest BCUT2D eigenvalue weighted by atomic mass is 9.82. The minimum Gasteiger partial charge on any atom is -0.508 e. The molecule has 0 aromatic heterocycles. The molecule has 24 heavy (non-hydrogen) atoms. The molecule has 1 aromatic carbocycles. The Morgan fingerprint density at radius 1 is 1.42 bits per heavy atom. The van der Waals surface area contributed by atoms with Crippen LogP contribution in [0.2, 0.25) is 0 Å². The standard InChI is InChI=1S/C18H22N2O4/c1-23-6-7-24-18(22)17-16-9-13(11-4-5-20(17)10-11)14-8-12(21)2-3-15(14)19-16/h2-3,8-9,11,13,17,19,21H,4-7,10H2,1H3. The number of carbonyl (C=O) groups is 1. The molecule has 0 radical (unpaired) electrons. The maximum absolute atomic E-state index is 12.6. The van der Waals surface area contributed by atoms with E-state index in [1.54, 1.807) is 13.2 Å². The predicted molar refractivity (Wildman–Crippen MR) is 88.9 cm³/mol. The van der Waals surface area contributed by atoms with Crippen LogP contribution in [0.15, 0.2) is 30.0 Å². The Morgan fingerprint density at radius 3 is 3.12 bits per heavy atom. The number of ether oxygens (including phenoxy) is 2. The second kappa shape index (κ2) is 6.11. The minimum atomic E-state index is -0.390. The molecular formula is C18H22N2O4. The Morgan fingerprint density at radius 2 is 2.29 bits per heavy atom. The average Bonchev–Trinajstić information content (AvgIpc) is 2.99. The molecule has 3 aliphatic heterocycles. The molecule has 1 saturated heterocycles. The first-order valence-corrected chi connectivity index (χ1v) is 8.38. The first-order chi connectivity index (χ1) is 11.7. The topological polar surface area (TPSA) is 71.0 Å². The lowest BCUT2D eigenvalue weighted by molar-refractivity contribution is -0.149. The summed E-state index contributed by atoms with van der Waals surface area (Å²) in [7, 11) is 1.59. The number of fused-ring (bicyclic) bond motifs is 6. The van der Waals surface area contributed by atoms with E-state index < -0.39 is 0 Å². The van der Waals surface area contributed by atoms with E-state index in [1.807, 2.05) is 12.1 Å². The molecule has 4 unspecified atom stereocenters. The van der Waals surface area contributed by atoms with Crippen molar-refractivity contribution < 1.29 is 19.4 Å². The van der Waals surface area contributed by atoms with Crippen LogP contribution in [0, 0.1) is 5.92 Å². The third-order valence-electron chi connectivity index (χ3n) is 5.21. The highest BCUT2D eigenvalue weighted by atomic mass is 16.6. The van der Waals surface area contributed by atoms with Gasteiger partial charge in [0.05, 0.1) is 6.61 Å². The van der Waals surface area contributed by atoms with Crippen molar-refractivity contribution in [3.05, 3.63) is 35.5 Å². The van der Waals surface area contributed by atoms with Gasteiger partial charge in [0.1, 0.15) is 18.4 Å². The van der Waals surface area contributed by atoms with Crippen molar-refractivity contribution in [3.63, 3.8) is 0 Å². The lowest BCUT2D eigenvalue weighted by Crippen LogP contribution is -2.44. The van der Waals surface area contributed by atoms with Crippen LogP contribution in [0.25, 0.3) is 0 Å². The molecule has 6 nitrogen and oxygen atoms in total. The minimum absolute atomic E-state index is 0.227. The summed E-state index contributed by atoms with van der Waals surface area (Å²) in [6, 6.07) is 5.00. The molecule has 1 fully saturated rings. The molecule has 0 saturated carbocycles. The van der Waals surface area contributed by atoms with Gasteiger partial charge in [-0.05, 0) is 42.6 Å². The Labute approximate surface area is 141 Å². The van der Waals surface area contributed by atoms with Gasteiger partial charge in [0.15, 0.2) is 0 Å². The first kappa shape index (κ1) is 15.5. The number of phenols is 1. The number of anilines is 1. The number of hydrogen-bond acceptors (Lipinski definition) is 6. The molecule has 3 aliphatic rings. The van der Waals surface area contributed by atoms with Crippen molar-refractivity contribution in [3.8, 4) is 5.75 Å². The van der Waals surface area contributed by atoms with Crippen LogP contribution in [-0.4, -0.2) is 55.4 Å². The summed E-state index contributed by atoms with van der Waals surface area (Å²) in [5.41, 5.74) is 2.97. The van der Waals surface area contributed by atoms with E-state index in [-0.39, 0.29) is 30.3 Å². The van der Waals surface area contributed by atoms with Crippen LogP contribution in [0.1, 0.15) is 17.9 Å². The summed E-state index contributed by atoms with van der Waals surface area (Å²) in [6.07, 6.45) is 3.19. The van der Waals surface area contributed by atoms with Crippen LogP contribution < -0.4 is 5.32 Å². The molecule has 1 aromatic rings. The molecule has 0 spiro atoms. The van der Waals surface area contributed by atoms with Gasteiger partial charge in [-0.3, -0.25) is 4.90 Å². The Hall–Kier alpha value is -2.05. The highest BCUT2D eigenvalue weighted by Crippen LogP contribution is 2.45. The Bertz CT molecular complexity index is 688. The number of allylic oxidation sites excluding steroid dienone is 1. The van der Waals surface area contributed by atoms with E-state index in [9.17, 15) is 9.90 Å². The van der Waals surface area contributed by atoms with Crippen LogP contribution >= 0.6 is 0 Å². The van der Waals surface area contributed by atoms with E-state index in [4.69, 9.17) is 9.47 Å². The van der Waals surface area contributed by atoms with Crippen molar-refractivity contribution in [1.82, 2.24) is 4.90 Å². The van der Waals surface area contributed by atoms with Gasteiger partial charge in [0.2, 0.25) is 0 Å². The van der Waals surface area contributed by atoms with Gasteiger partial charge in [-0.2, -0.15) is 0 Å². The van der Waals surface area contributed by atoms with Gasteiger partial charge in [-0.15, -0.1) is 0 Å². The van der Waals surface area contributed by atoms with Crippen molar-refractivity contribution >= 4 is 11.7 Å². The fourth-order valence-electron chi connectivity index (χ4n) is 4.09. The van der Waals surface area contributed by atoms with Gasteiger partial charge in [-0.1, -0.05) is 6.08 Å². The highest BCUT2D eigenvalue weighted by Gasteiger charge is 2.44. The third-order valence-corrected chi connectivity index (χ3v) is 5.21. The number of esters is 1. The number of nitrogens with one attached hydrogen (secondary N) is 1. The number of aromatic hydroxyl groups is 1. The highest BCUT2D eigenvalue weighted by molar-refractivity contribution is 5.82. The van der Waals surface area contributed by atoms with E-state index in [0.29, 0.717) is 12.5 Å². The molecule has 2 N–H and O–H groups in total. The van der Waals surface area contributed by atoms with Crippen LogP contribution in [0.5, 0.6) is 5.75 Å². The summed E-state index contributed by atoms with van der Waals surface area (Å²) >= 11 is 0. The van der Waals surface area contributed by atoms with Crippen molar-refractivity contribution in [2.45, 2.75) is 18.4 Å². The number of rotatable bonds is 4. The molecule has 4 atom stereocenters. The van der Waals surface area contributed by atoms with Crippen molar-refractivity contribution in [1.29, 1.82) is 0 Å². The predicted octanol–water partition coefficient (Wildman–Crippen LogP) is 1.68. The largest absolute Gasteiger partial charge is 0.508 e. The van der Waals surface area contributed by atoms with Gasteiger partial charge >= 0.3 is 5.97 Å². The van der Waals surface area contributed by atoms with E-state index in [0.717, 1.165) is 36.5 Å². The van der Waals surface area contributed by atoms with Crippen molar-refractivity contribution in [2.24, 2.45) is 5.92 Å². The zero-order valence-corrected chi connectivity index (χ0v) is 13.7. The molecule has 6 heteroatoms. The molecule has 3 heterocycles. The van der Waals surface area contributed by atoms with E-state index in [1.165, 1.54) is 0 Å². The number of hydrogen-bond donors (Lipinski definition) is 2. The summed E-state index contributed by atoms with van der Waals surface area (Å²) < 4.78 is 10.4. The number of carbonyl (C=O) groups excluding carboxylic acids is 1. The lowest BCUT2D eigenvalue weighted by Gasteiger charge is -2.32. The van der Waals surface area contributed by atoms with Gasteiger partial charge in [-0.25, -0.2) is 4.79 Å². The zero-order valence-electron chi connectivity index (χ0n) is 13.7. The van der Waals surface area contributed by atoms with Crippen LogP contribution in [0.3, 0.4) is 0 Å². The third kappa shape index (κ3) is 2.56. The molecule has 0 aliphatic carbocycles. The van der Waals surface area contributed by atoms with E-state index >= 15 is 0 Å². The van der Waals surface area contributed by atoms with Gasteiger partial charge < -0.3 is 19.9 Å². The van der Waals surface area contributed by atoms with Gasteiger partial charge in [0, 0.05) is 31.0 Å². The van der Waals surface area contributed by atoms with Crippen LogP contribution in [-0.2, 0) is 14.3 Å². The molecule has 4 bridgehead atoms. The molecular weight excluding hydrogens is 308 g/mol. The second-order valence-electron chi connectivity index (χ2n) is 6.65. The number of benzene rings is 1. The number of phenolic OH excluding ortho intramolecular Hbond substituents is 1.